The van der Waals surface area contributed by atoms with Gasteiger partial charge < -0.3 is 15.4 Å². The lowest BCUT2D eigenvalue weighted by molar-refractivity contribution is 0.147. The van der Waals surface area contributed by atoms with Crippen molar-refractivity contribution in [2.45, 2.75) is 23.8 Å². The molecule has 0 aromatic heterocycles. The molecular weight excluding hydrogens is 369 g/mol. The summed E-state index contributed by atoms with van der Waals surface area (Å²) in [7, 11) is 0. The first-order valence-corrected chi connectivity index (χ1v) is 7.91. The van der Waals surface area contributed by atoms with E-state index < -0.39 is 16.1 Å². The van der Waals surface area contributed by atoms with E-state index in [9.17, 15) is 4.79 Å². The summed E-state index contributed by atoms with van der Waals surface area (Å²) in [5.74, 6) is 0. The van der Waals surface area contributed by atoms with Gasteiger partial charge in [-0.1, -0.05) is 53.0 Å². The van der Waals surface area contributed by atoms with Crippen molar-refractivity contribution in [3.05, 3.63) is 29.8 Å². The molecule has 0 bridgehead atoms. The highest BCUT2D eigenvalue weighted by atomic mass is 35.6. The Kier molecular flexibility index (Phi) is 7.48. The van der Waals surface area contributed by atoms with Gasteiger partial charge >= 0.3 is 6.09 Å². The molecule has 1 rings (SSSR count). The van der Waals surface area contributed by atoms with E-state index in [-0.39, 0.29) is 11.7 Å². The second kappa shape index (κ2) is 8.62. The molecule has 9 heteroatoms. The first kappa shape index (κ1) is 19.1. The highest BCUT2D eigenvalue weighted by Crippen LogP contribution is 2.29. The summed E-state index contributed by atoms with van der Waals surface area (Å²) in [6, 6.07) is 7.55. The van der Waals surface area contributed by atoms with E-state index >= 15 is 0 Å². The smallest absolute Gasteiger partial charge is 0.408 e. The van der Waals surface area contributed by atoms with Gasteiger partial charge in [0.15, 0.2) is 11.3 Å². The predicted octanol–water partition coefficient (Wildman–Crippen LogP) is 3.72. The standard InChI is InChI=1S/C13H16Cl3N3O2S/c1-3-21-12(20)19-10(13(14,15)16)18-11(22)17-9-7-5-4-6-8(9)2/h4-7,10H,3H2,1-2H3,(H,19,20)(H2,17,18,22)/t10-/m1/s1. The van der Waals surface area contributed by atoms with Crippen molar-refractivity contribution in [1.29, 1.82) is 0 Å². The monoisotopic (exact) mass is 383 g/mol. The topological polar surface area (TPSA) is 62.4 Å². The van der Waals surface area contributed by atoms with E-state index in [1.807, 2.05) is 31.2 Å². The fraction of sp³-hybridized carbons (Fsp3) is 0.385. The van der Waals surface area contributed by atoms with Crippen molar-refractivity contribution in [2.75, 3.05) is 11.9 Å². The number of nitrogens with one attached hydrogen (secondary N) is 3. The number of thiocarbonyl (C=S) groups is 1. The van der Waals surface area contributed by atoms with Crippen LogP contribution in [0.25, 0.3) is 0 Å². The van der Waals surface area contributed by atoms with Crippen molar-refractivity contribution in [3.8, 4) is 0 Å². The maximum absolute atomic E-state index is 11.5. The zero-order valence-corrected chi connectivity index (χ0v) is 15.0. The summed E-state index contributed by atoms with van der Waals surface area (Å²) in [5.41, 5.74) is 1.80. The molecule has 0 saturated heterocycles. The van der Waals surface area contributed by atoms with Crippen LogP contribution in [0.3, 0.4) is 0 Å². The quantitative estimate of drug-likeness (QED) is 0.419. The number of anilines is 1. The Balaban J connectivity index is 2.71. The van der Waals surface area contributed by atoms with Crippen molar-refractivity contribution >= 4 is 63.9 Å². The van der Waals surface area contributed by atoms with Crippen LogP contribution in [0, 0.1) is 6.92 Å². The van der Waals surface area contributed by atoms with E-state index in [0.29, 0.717) is 0 Å². The Morgan fingerprint density at radius 1 is 1.32 bits per heavy atom. The molecule has 0 fully saturated rings. The summed E-state index contributed by atoms with van der Waals surface area (Å²) >= 11 is 22.7. The van der Waals surface area contributed by atoms with Gasteiger partial charge in [0, 0.05) is 5.69 Å². The highest BCUT2D eigenvalue weighted by Gasteiger charge is 2.35. The van der Waals surface area contributed by atoms with Crippen LogP contribution in [0.15, 0.2) is 24.3 Å². The minimum Gasteiger partial charge on any atom is -0.450 e. The van der Waals surface area contributed by atoms with Crippen molar-refractivity contribution in [1.82, 2.24) is 10.6 Å². The average Bonchev–Trinajstić information content (AvgIpc) is 2.40. The molecule has 0 saturated carbocycles. The van der Waals surface area contributed by atoms with Crippen LogP contribution in [-0.2, 0) is 4.74 Å². The van der Waals surface area contributed by atoms with Crippen LogP contribution in [0.1, 0.15) is 12.5 Å². The lowest BCUT2D eigenvalue weighted by Crippen LogP contribution is -2.56. The molecule has 122 valence electrons. The first-order valence-electron chi connectivity index (χ1n) is 6.37. The molecular formula is C13H16Cl3N3O2S. The lowest BCUT2D eigenvalue weighted by atomic mass is 10.2. The number of alkyl halides is 3. The zero-order valence-electron chi connectivity index (χ0n) is 12.0. The number of carbonyl (C=O) groups excluding carboxylic acids is 1. The number of amides is 1. The second-order valence-corrected chi connectivity index (χ2v) is 7.03. The summed E-state index contributed by atoms with van der Waals surface area (Å²) in [5, 5.41) is 8.30. The SMILES string of the molecule is CCOC(=O)N[C@@H](NC(=S)Nc1ccccc1C)C(Cl)(Cl)Cl. The zero-order chi connectivity index (χ0) is 16.8. The Morgan fingerprint density at radius 3 is 2.50 bits per heavy atom. The third-order valence-corrected chi connectivity index (χ3v) is 3.41. The van der Waals surface area contributed by atoms with E-state index in [4.69, 9.17) is 51.8 Å². The predicted molar refractivity (Wildman–Crippen MR) is 94.8 cm³/mol. The fourth-order valence-electron chi connectivity index (χ4n) is 1.49. The van der Waals surface area contributed by atoms with Gasteiger partial charge in [-0.05, 0) is 37.7 Å². The van der Waals surface area contributed by atoms with Gasteiger partial charge in [-0.15, -0.1) is 0 Å². The average molecular weight is 385 g/mol. The number of aryl methyl sites for hydroxylation is 1. The number of hydrogen-bond donors (Lipinski definition) is 3. The molecule has 22 heavy (non-hydrogen) atoms. The number of para-hydroxylation sites is 1. The molecule has 1 atom stereocenters. The number of carbonyl (C=O) groups is 1. The van der Waals surface area contributed by atoms with Gasteiger partial charge in [0.05, 0.1) is 6.61 Å². The first-order chi connectivity index (χ1) is 10.2. The molecule has 0 spiro atoms. The van der Waals surface area contributed by atoms with Gasteiger partial charge in [-0.25, -0.2) is 4.79 Å². The maximum Gasteiger partial charge on any atom is 0.408 e. The van der Waals surface area contributed by atoms with Gasteiger partial charge in [0.2, 0.25) is 3.79 Å². The number of hydrogen-bond acceptors (Lipinski definition) is 3. The second-order valence-electron chi connectivity index (χ2n) is 4.25. The summed E-state index contributed by atoms with van der Waals surface area (Å²) < 4.78 is 2.94. The van der Waals surface area contributed by atoms with E-state index in [1.54, 1.807) is 6.92 Å². The Morgan fingerprint density at radius 2 is 1.95 bits per heavy atom. The van der Waals surface area contributed by atoms with Gasteiger partial charge in [0.25, 0.3) is 0 Å². The van der Waals surface area contributed by atoms with Crippen LogP contribution >= 0.6 is 47.0 Å². The minimum atomic E-state index is -1.82. The van der Waals surface area contributed by atoms with Gasteiger partial charge in [-0.2, -0.15) is 0 Å². The molecule has 0 unspecified atom stereocenters. The van der Waals surface area contributed by atoms with Crippen molar-refractivity contribution < 1.29 is 9.53 Å². The molecule has 0 aliphatic carbocycles. The van der Waals surface area contributed by atoms with E-state index in [0.717, 1.165) is 11.3 Å². The third kappa shape index (κ3) is 6.44. The number of alkyl carbamates (subject to hydrolysis) is 1. The largest absolute Gasteiger partial charge is 0.450 e. The number of halogens is 3. The normalized spacial score (nSPS) is 12.2. The van der Waals surface area contributed by atoms with Crippen LogP contribution in [-0.4, -0.2) is 27.8 Å². The van der Waals surface area contributed by atoms with Crippen molar-refractivity contribution in [3.63, 3.8) is 0 Å². The summed E-state index contributed by atoms with van der Waals surface area (Å²) in [6.45, 7) is 3.79. The summed E-state index contributed by atoms with van der Waals surface area (Å²) in [4.78, 5) is 11.5. The van der Waals surface area contributed by atoms with Crippen LogP contribution in [0.5, 0.6) is 0 Å². The molecule has 1 aromatic carbocycles. The lowest BCUT2D eigenvalue weighted by Gasteiger charge is -2.27. The Hall–Kier alpha value is -0.950. The molecule has 0 aliphatic heterocycles. The molecule has 3 N–H and O–H groups in total. The Labute approximate surface area is 149 Å². The molecule has 1 amide bonds. The molecule has 1 aromatic rings. The Bertz CT molecular complexity index is 538. The van der Waals surface area contributed by atoms with Crippen molar-refractivity contribution in [2.24, 2.45) is 0 Å². The van der Waals surface area contributed by atoms with Crippen LogP contribution in [0.4, 0.5) is 10.5 Å². The minimum absolute atomic E-state index is 0.197. The van der Waals surface area contributed by atoms with Crippen LogP contribution in [0.2, 0.25) is 0 Å². The fourth-order valence-corrected chi connectivity index (χ4v) is 2.05. The maximum atomic E-state index is 11.5. The molecule has 0 aliphatic rings. The molecule has 0 radical (unpaired) electrons. The van der Waals surface area contributed by atoms with Gasteiger partial charge in [-0.3, -0.25) is 5.32 Å². The van der Waals surface area contributed by atoms with E-state index in [1.165, 1.54) is 0 Å². The van der Waals surface area contributed by atoms with E-state index in [2.05, 4.69) is 16.0 Å². The number of ether oxygens (including phenoxy) is 1. The molecule has 0 heterocycles. The molecule has 5 nitrogen and oxygen atoms in total. The number of rotatable bonds is 4. The highest BCUT2D eigenvalue weighted by molar-refractivity contribution is 7.80. The summed E-state index contributed by atoms with van der Waals surface area (Å²) in [6.07, 6.45) is -1.77. The number of benzene rings is 1. The van der Waals surface area contributed by atoms with Crippen LogP contribution < -0.4 is 16.0 Å². The van der Waals surface area contributed by atoms with Gasteiger partial charge in [0.1, 0.15) is 0 Å². The third-order valence-electron chi connectivity index (χ3n) is 2.53.